The van der Waals surface area contributed by atoms with Crippen LogP contribution < -0.4 is 14.8 Å². The van der Waals surface area contributed by atoms with Crippen LogP contribution in [0.5, 0.6) is 0 Å². The molecule has 0 spiro atoms. The average molecular weight is 374 g/mol. The number of rotatable bonds is 4. The van der Waals surface area contributed by atoms with Crippen molar-refractivity contribution < 1.29 is 9.36 Å². The number of benzene rings is 1. The molecule has 23 heavy (non-hydrogen) atoms. The van der Waals surface area contributed by atoms with Gasteiger partial charge in [-0.2, -0.15) is 4.57 Å². The number of halogens is 3. The first-order valence-corrected chi connectivity index (χ1v) is 8.06. The number of hydrogen-bond acceptors (Lipinski definition) is 2. The molecule has 0 aliphatic rings. The predicted octanol–water partition coefficient (Wildman–Crippen LogP) is 4.20. The van der Waals surface area contributed by atoms with Crippen LogP contribution in [0.25, 0.3) is 0 Å². The summed E-state index contributed by atoms with van der Waals surface area (Å²) in [5, 5.41) is 3.77. The van der Waals surface area contributed by atoms with Gasteiger partial charge in [-0.3, -0.25) is 4.79 Å². The van der Waals surface area contributed by atoms with E-state index in [0.717, 1.165) is 5.69 Å². The van der Waals surface area contributed by atoms with E-state index >= 15 is 0 Å². The highest BCUT2D eigenvalue weighted by molar-refractivity contribution is 6.42. The van der Waals surface area contributed by atoms with Crippen molar-refractivity contribution in [1.82, 2.24) is 0 Å². The van der Waals surface area contributed by atoms with Crippen LogP contribution in [0.15, 0.2) is 36.7 Å². The molecule has 1 amide bonds. The first-order valence-electron chi connectivity index (χ1n) is 6.93. The molecule has 1 atom stereocenters. The van der Waals surface area contributed by atoms with Gasteiger partial charge in [-0.25, -0.2) is 0 Å². The summed E-state index contributed by atoms with van der Waals surface area (Å²) in [6.07, 6.45) is 3.70. The lowest BCUT2D eigenvalue weighted by Crippen LogP contribution is -2.44. The number of pyridine rings is 1. The third-order valence-corrected chi connectivity index (χ3v) is 4.25. The highest BCUT2D eigenvalue weighted by atomic mass is 35.5. The fourth-order valence-electron chi connectivity index (χ4n) is 2.01. The minimum absolute atomic E-state index is 0.223. The average Bonchev–Trinajstić information content (AvgIpc) is 2.50. The zero-order valence-corrected chi connectivity index (χ0v) is 15.2. The van der Waals surface area contributed by atoms with Crippen molar-refractivity contribution in [2.75, 3.05) is 24.3 Å². The molecule has 1 aromatic carbocycles. The highest BCUT2D eigenvalue weighted by Gasteiger charge is 2.23. The lowest BCUT2D eigenvalue weighted by Gasteiger charge is -2.13. The largest absolute Gasteiger partial charge is 0.377 e. The second kappa shape index (κ2) is 7.39. The molecular weight excluding hydrogens is 357 g/mol. The van der Waals surface area contributed by atoms with E-state index in [1.165, 1.54) is 12.1 Å². The molecule has 0 radical (unpaired) electrons. The Morgan fingerprint density at radius 1 is 1.13 bits per heavy atom. The third kappa shape index (κ3) is 4.28. The van der Waals surface area contributed by atoms with E-state index < -0.39 is 6.04 Å². The molecule has 0 unspecified atom stereocenters. The smallest absolute Gasteiger partial charge is 0.293 e. The minimum Gasteiger partial charge on any atom is -0.377 e. The summed E-state index contributed by atoms with van der Waals surface area (Å²) >= 11 is 18.0. The normalized spacial score (nSPS) is 11.9. The standard InChI is InChI=1S/C16H16Cl3N3O/c1-10(22-6-4-12(5-7-22)21(2)3)16(23)20-15-13(18)8-11(17)9-14(15)19/h4-10H,1-3H3/p+1/t10-/m0/s1. The van der Waals surface area contributed by atoms with Gasteiger partial charge in [0.1, 0.15) is 0 Å². The van der Waals surface area contributed by atoms with Gasteiger partial charge in [-0.15, -0.1) is 0 Å². The topological polar surface area (TPSA) is 36.2 Å². The maximum absolute atomic E-state index is 12.4. The lowest BCUT2D eigenvalue weighted by atomic mass is 10.2. The number of aromatic nitrogens is 1. The number of nitrogens with one attached hydrogen (secondary N) is 1. The molecule has 0 saturated carbocycles. The molecule has 1 N–H and O–H groups in total. The maximum Gasteiger partial charge on any atom is 0.293 e. The van der Waals surface area contributed by atoms with E-state index in [-0.39, 0.29) is 5.91 Å². The Morgan fingerprint density at radius 3 is 2.13 bits per heavy atom. The van der Waals surface area contributed by atoms with Crippen molar-refractivity contribution in [3.05, 3.63) is 51.7 Å². The van der Waals surface area contributed by atoms with Crippen LogP contribution >= 0.6 is 34.8 Å². The number of anilines is 2. The Kier molecular flexibility index (Phi) is 5.74. The molecule has 2 aromatic rings. The molecule has 7 heteroatoms. The van der Waals surface area contributed by atoms with Crippen molar-refractivity contribution >= 4 is 52.1 Å². The molecule has 122 valence electrons. The highest BCUT2D eigenvalue weighted by Crippen LogP contribution is 2.33. The molecule has 1 heterocycles. The Balaban J connectivity index is 2.17. The van der Waals surface area contributed by atoms with Gasteiger partial charge in [-0.1, -0.05) is 34.8 Å². The zero-order chi connectivity index (χ0) is 17.1. The van der Waals surface area contributed by atoms with Gasteiger partial charge >= 0.3 is 0 Å². The third-order valence-electron chi connectivity index (χ3n) is 3.43. The molecule has 2 rings (SSSR count). The Bertz CT molecular complexity index is 694. The summed E-state index contributed by atoms with van der Waals surface area (Å²) in [4.78, 5) is 14.4. The summed E-state index contributed by atoms with van der Waals surface area (Å²) in [7, 11) is 3.92. The Morgan fingerprint density at radius 2 is 1.65 bits per heavy atom. The zero-order valence-electron chi connectivity index (χ0n) is 13.0. The monoisotopic (exact) mass is 372 g/mol. The second-order valence-electron chi connectivity index (χ2n) is 5.31. The van der Waals surface area contributed by atoms with Crippen molar-refractivity contribution in [2.24, 2.45) is 0 Å². The van der Waals surface area contributed by atoms with Crippen LogP contribution in [0, 0.1) is 0 Å². The summed E-state index contributed by atoms with van der Waals surface area (Å²) in [5.41, 5.74) is 1.41. The summed E-state index contributed by atoms with van der Waals surface area (Å²) in [5.74, 6) is -0.223. The number of nitrogens with zero attached hydrogens (tertiary/aromatic N) is 2. The van der Waals surface area contributed by atoms with Gasteiger partial charge in [0, 0.05) is 43.9 Å². The predicted molar refractivity (Wildman–Crippen MR) is 95.8 cm³/mol. The first kappa shape index (κ1) is 17.9. The first-order chi connectivity index (χ1) is 10.8. The van der Waals surface area contributed by atoms with Crippen molar-refractivity contribution in [3.63, 3.8) is 0 Å². The summed E-state index contributed by atoms with van der Waals surface area (Å²) < 4.78 is 1.81. The summed E-state index contributed by atoms with van der Waals surface area (Å²) in [6, 6.07) is 6.52. The Labute approximate surface area is 150 Å². The molecular formula is C16H17Cl3N3O+. The quantitative estimate of drug-likeness (QED) is 0.815. The number of hydrogen-bond donors (Lipinski definition) is 1. The molecule has 0 saturated heterocycles. The molecule has 0 aliphatic carbocycles. The van der Waals surface area contributed by atoms with Crippen molar-refractivity contribution in [3.8, 4) is 0 Å². The molecule has 0 bridgehead atoms. The molecule has 0 aliphatic heterocycles. The van der Waals surface area contributed by atoms with Gasteiger partial charge in [0.05, 0.1) is 15.7 Å². The fourth-order valence-corrected chi connectivity index (χ4v) is 2.92. The van der Waals surface area contributed by atoms with Gasteiger partial charge < -0.3 is 10.2 Å². The van der Waals surface area contributed by atoms with E-state index in [4.69, 9.17) is 34.8 Å². The van der Waals surface area contributed by atoms with Gasteiger partial charge in [-0.05, 0) is 12.1 Å². The van der Waals surface area contributed by atoms with E-state index in [1.54, 1.807) is 11.5 Å². The fraction of sp³-hybridized carbons (Fsp3) is 0.250. The molecule has 0 fully saturated rings. The van der Waals surface area contributed by atoms with Crippen LogP contribution in [-0.2, 0) is 4.79 Å². The van der Waals surface area contributed by atoms with Gasteiger partial charge in [0.15, 0.2) is 12.4 Å². The van der Waals surface area contributed by atoms with Crippen molar-refractivity contribution in [2.45, 2.75) is 13.0 Å². The Hall–Kier alpha value is -1.49. The number of amides is 1. The number of carbonyl (C=O) groups is 1. The van der Waals surface area contributed by atoms with E-state index in [1.807, 2.05) is 43.5 Å². The SMILES string of the molecule is C[C@@H](C(=O)Nc1c(Cl)cc(Cl)cc1Cl)[n+]1ccc(N(C)C)cc1. The minimum atomic E-state index is -0.422. The van der Waals surface area contributed by atoms with Crippen LogP contribution in [0.3, 0.4) is 0 Å². The van der Waals surface area contributed by atoms with E-state index in [9.17, 15) is 4.79 Å². The maximum atomic E-state index is 12.4. The van der Waals surface area contributed by atoms with Crippen LogP contribution in [-0.4, -0.2) is 20.0 Å². The summed E-state index contributed by atoms with van der Waals surface area (Å²) in [6.45, 7) is 1.79. The number of carbonyl (C=O) groups excluding carboxylic acids is 1. The van der Waals surface area contributed by atoms with Crippen LogP contribution in [0.4, 0.5) is 11.4 Å². The second-order valence-corrected chi connectivity index (χ2v) is 6.56. The molecule has 1 aromatic heterocycles. The van der Waals surface area contributed by atoms with Gasteiger partial charge in [0.25, 0.3) is 5.91 Å². The van der Waals surface area contributed by atoms with E-state index in [2.05, 4.69) is 5.32 Å². The van der Waals surface area contributed by atoms with Crippen LogP contribution in [0.2, 0.25) is 15.1 Å². The van der Waals surface area contributed by atoms with Gasteiger partial charge in [0.2, 0.25) is 6.04 Å². The lowest BCUT2D eigenvalue weighted by molar-refractivity contribution is -0.705. The van der Waals surface area contributed by atoms with E-state index in [0.29, 0.717) is 20.8 Å². The van der Waals surface area contributed by atoms with Crippen LogP contribution in [0.1, 0.15) is 13.0 Å². The van der Waals surface area contributed by atoms with Crippen molar-refractivity contribution in [1.29, 1.82) is 0 Å². The molecule has 4 nitrogen and oxygen atoms in total.